The first-order valence-electron chi connectivity index (χ1n) is 19.0. The zero-order chi connectivity index (χ0) is 36.1. The first kappa shape index (κ1) is 33.3. The summed E-state index contributed by atoms with van der Waals surface area (Å²) in [4.78, 5) is 0. The summed E-state index contributed by atoms with van der Waals surface area (Å²) in [6.45, 7) is 0. The lowest BCUT2D eigenvalue weighted by molar-refractivity contribution is 0.415. The van der Waals surface area contributed by atoms with Crippen LogP contribution in [0.15, 0.2) is 186 Å². The maximum Gasteiger partial charge on any atom is 0.172 e. The van der Waals surface area contributed by atoms with Crippen molar-refractivity contribution in [1.82, 2.24) is 10.9 Å². The quantitative estimate of drug-likeness (QED) is 0.164. The highest BCUT2D eigenvalue weighted by atomic mass is 15.7. The molecule has 1 aliphatic carbocycles. The third-order valence-electron chi connectivity index (χ3n) is 10.5. The van der Waals surface area contributed by atoms with Crippen LogP contribution in [0.25, 0.3) is 0 Å². The Kier molecular flexibility index (Phi) is 9.38. The van der Waals surface area contributed by atoms with Gasteiger partial charge in [0, 0.05) is 11.5 Å². The molecule has 2 heterocycles. The van der Waals surface area contributed by atoms with Gasteiger partial charge in [0.1, 0.15) is 5.84 Å². The Morgan fingerprint density at radius 2 is 0.815 bits per heavy atom. The minimum Gasteiger partial charge on any atom is -0.281 e. The van der Waals surface area contributed by atoms with Crippen molar-refractivity contribution in [3.8, 4) is 0 Å². The van der Waals surface area contributed by atoms with Crippen molar-refractivity contribution in [3.63, 3.8) is 0 Å². The van der Waals surface area contributed by atoms with Crippen LogP contribution in [0.2, 0.25) is 0 Å². The lowest BCUT2D eigenvalue weighted by Crippen LogP contribution is -2.57. The number of amidine groups is 2. The largest absolute Gasteiger partial charge is 0.281 e. The number of para-hydroxylation sites is 4. The van der Waals surface area contributed by atoms with Gasteiger partial charge >= 0.3 is 0 Å². The van der Waals surface area contributed by atoms with Crippen LogP contribution in [0, 0.1) is 5.92 Å². The van der Waals surface area contributed by atoms with Gasteiger partial charge in [-0.05, 0) is 72.5 Å². The molecule has 2 aliphatic heterocycles. The molecule has 1 saturated carbocycles. The minimum atomic E-state index is -0.299. The number of hydrazine groups is 2. The molecular formula is C46H44N8. The van der Waals surface area contributed by atoms with Gasteiger partial charge in [-0.25, -0.2) is 10.0 Å². The maximum atomic E-state index is 5.42. The summed E-state index contributed by atoms with van der Waals surface area (Å²) < 4.78 is 0. The van der Waals surface area contributed by atoms with Crippen molar-refractivity contribution < 1.29 is 0 Å². The molecule has 54 heavy (non-hydrogen) atoms. The number of anilines is 4. The van der Waals surface area contributed by atoms with Crippen LogP contribution >= 0.6 is 0 Å². The smallest absolute Gasteiger partial charge is 0.172 e. The van der Waals surface area contributed by atoms with E-state index < -0.39 is 0 Å². The molecule has 8 heteroatoms. The molecule has 8 nitrogen and oxygen atoms in total. The number of nitrogens with one attached hydrogen (secondary N) is 2. The highest BCUT2D eigenvalue weighted by molar-refractivity contribution is 6.01. The number of rotatable bonds is 8. The summed E-state index contributed by atoms with van der Waals surface area (Å²) in [6, 6.07) is 61.4. The molecule has 2 N–H and O–H groups in total. The van der Waals surface area contributed by atoms with Gasteiger partial charge in [0.2, 0.25) is 0 Å². The van der Waals surface area contributed by atoms with E-state index >= 15 is 0 Å². The highest BCUT2D eigenvalue weighted by Gasteiger charge is 2.37. The van der Waals surface area contributed by atoms with Gasteiger partial charge in [-0.2, -0.15) is 10.2 Å². The van der Waals surface area contributed by atoms with E-state index in [2.05, 4.69) is 183 Å². The molecule has 1 fully saturated rings. The molecule has 2 atom stereocenters. The number of hydrazone groups is 2. The average Bonchev–Trinajstić information content (AvgIpc) is 3.27. The topological polar surface area (TPSA) is 61.7 Å². The third kappa shape index (κ3) is 6.74. The summed E-state index contributed by atoms with van der Waals surface area (Å²) >= 11 is 0. The molecule has 2 unspecified atom stereocenters. The normalized spacial score (nSPS) is 19.0. The lowest BCUT2D eigenvalue weighted by Gasteiger charge is -2.46. The molecule has 0 amide bonds. The predicted octanol–water partition coefficient (Wildman–Crippen LogP) is 10.0. The molecule has 6 aromatic rings. The minimum absolute atomic E-state index is 0.251. The number of benzene rings is 6. The van der Waals surface area contributed by atoms with Crippen LogP contribution in [-0.4, -0.2) is 11.7 Å². The van der Waals surface area contributed by atoms with Gasteiger partial charge in [0.05, 0.1) is 22.7 Å². The Balaban J connectivity index is 1.16. The second-order valence-corrected chi connectivity index (χ2v) is 14.0. The summed E-state index contributed by atoms with van der Waals surface area (Å²) in [5.74, 6) is 2.20. The standard InChI is InChI=1S/C46H44N8/c1-7-19-35(20-8-1)43-47-51(39-23-11-3-12-24-39)45(52(48-43)40-25-13-4-14-26-40)37-31-33-38(34-32-37)46-53(41-27-15-5-16-28-41)49-44(36-21-9-2-10-22-36)50-54(46)42-29-17-6-18-30-42/h1,3-8,11-20,23-34,36,45-46H,2,9-10,21-22H2,(H,47,48)(H,49,50). The van der Waals surface area contributed by atoms with Crippen molar-refractivity contribution in [3.05, 3.63) is 193 Å². The number of nitrogens with zero attached hydrogens (tertiary/aromatic N) is 6. The Hall–Kier alpha value is -6.54. The van der Waals surface area contributed by atoms with Crippen LogP contribution in [0.4, 0.5) is 22.7 Å². The first-order chi connectivity index (χ1) is 26.8. The second kappa shape index (κ2) is 15.2. The Bertz CT molecular complexity index is 2170. The molecule has 0 saturated heterocycles. The van der Waals surface area contributed by atoms with E-state index in [-0.39, 0.29) is 12.3 Å². The van der Waals surface area contributed by atoms with E-state index in [1.807, 2.05) is 24.3 Å². The summed E-state index contributed by atoms with van der Waals surface area (Å²) in [6.07, 6.45) is 5.51. The summed E-state index contributed by atoms with van der Waals surface area (Å²) in [5, 5.41) is 19.5. The second-order valence-electron chi connectivity index (χ2n) is 14.0. The van der Waals surface area contributed by atoms with Crippen LogP contribution < -0.4 is 30.9 Å². The molecule has 268 valence electrons. The van der Waals surface area contributed by atoms with E-state index in [0.29, 0.717) is 5.92 Å². The monoisotopic (exact) mass is 708 g/mol. The number of hydrogen-bond donors (Lipinski definition) is 2. The fourth-order valence-corrected chi connectivity index (χ4v) is 7.79. The maximum absolute atomic E-state index is 5.42. The highest BCUT2D eigenvalue weighted by Crippen LogP contribution is 2.40. The molecule has 0 radical (unpaired) electrons. The zero-order valence-corrected chi connectivity index (χ0v) is 30.2. The fraction of sp³-hybridized carbons (Fsp3) is 0.174. The summed E-state index contributed by atoms with van der Waals surface area (Å²) in [7, 11) is 0. The van der Waals surface area contributed by atoms with Crippen molar-refractivity contribution in [2.45, 2.75) is 44.4 Å². The van der Waals surface area contributed by atoms with Gasteiger partial charge in [-0.15, -0.1) is 0 Å². The SMILES string of the molecule is c1ccc(C2=NN(c3ccccc3)C(c3ccc(C4N(c5ccccc5)N=C(C5CCCCC5)NN4c4ccccc4)cc3)N(c3ccccc3)N2)cc1. The van der Waals surface area contributed by atoms with E-state index in [1.54, 1.807) is 0 Å². The Labute approximate surface area is 317 Å². The lowest BCUT2D eigenvalue weighted by atomic mass is 9.88. The van der Waals surface area contributed by atoms with Gasteiger partial charge in [0.15, 0.2) is 18.2 Å². The van der Waals surface area contributed by atoms with E-state index in [9.17, 15) is 0 Å². The van der Waals surface area contributed by atoms with Crippen LogP contribution in [-0.2, 0) is 0 Å². The Morgan fingerprint density at radius 3 is 1.30 bits per heavy atom. The van der Waals surface area contributed by atoms with Gasteiger partial charge < -0.3 is 0 Å². The van der Waals surface area contributed by atoms with Crippen molar-refractivity contribution in [2.24, 2.45) is 16.1 Å². The van der Waals surface area contributed by atoms with Crippen molar-refractivity contribution in [2.75, 3.05) is 20.0 Å². The molecular weight excluding hydrogens is 665 g/mol. The molecule has 0 aromatic heterocycles. The first-order valence-corrected chi connectivity index (χ1v) is 19.0. The van der Waals surface area contributed by atoms with Gasteiger partial charge in [-0.1, -0.05) is 147 Å². The molecule has 6 aromatic carbocycles. The zero-order valence-electron chi connectivity index (χ0n) is 30.2. The van der Waals surface area contributed by atoms with E-state index in [1.165, 1.54) is 19.3 Å². The number of hydrogen-bond acceptors (Lipinski definition) is 8. The third-order valence-corrected chi connectivity index (χ3v) is 10.5. The molecule has 0 bridgehead atoms. The molecule has 9 rings (SSSR count). The van der Waals surface area contributed by atoms with Crippen LogP contribution in [0.3, 0.4) is 0 Å². The van der Waals surface area contributed by atoms with Gasteiger partial charge in [0.25, 0.3) is 0 Å². The van der Waals surface area contributed by atoms with Crippen LogP contribution in [0.1, 0.15) is 61.1 Å². The van der Waals surface area contributed by atoms with Crippen LogP contribution in [0.5, 0.6) is 0 Å². The van der Waals surface area contributed by atoms with Crippen molar-refractivity contribution in [1.29, 1.82) is 0 Å². The fourth-order valence-electron chi connectivity index (χ4n) is 7.79. The average molecular weight is 709 g/mol. The predicted molar refractivity (Wildman–Crippen MR) is 221 cm³/mol. The Morgan fingerprint density at radius 1 is 0.407 bits per heavy atom. The van der Waals surface area contributed by atoms with Gasteiger partial charge in [-0.3, -0.25) is 20.9 Å². The van der Waals surface area contributed by atoms with E-state index in [4.69, 9.17) is 10.2 Å². The van der Waals surface area contributed by atoms with E-state index in [0.717, 1.165) is 64.0 Å². The van der Waals surface area contributed by atoms with Crippen molar-refractivity contribution >= 4 is 34.4 Å². The summed E-state index contributed by atoms with van der Waals surface area (Å²) in [5.41, 5.74) is 14.9. The molecule has 0 spiro atoms. The molecule has 3 aliphatic rings.